The van der Waals surface area contributed by atoms with Gasteiger partial charge in [0.05, 0.1) is 4.88 Å². The fraction of sp³-hybridized carbons (Fsp3) is 0.364. The SMILES string of the molecule is Nc1nc(Cl)nc(-c2cc3c(s2)CCCC3)n1. The first-order valence-corrected chi connectivity index (χ1v) is 6.71. The Balaban J connectivity index is 2.05. The molecule has 1 aliphatic carbocycles. The lowest BCUT2D eigenvalue weighted by Crippen LogP contribution is -1.99. The lowest BCUT2D eigenvalue weighted by Gasteiger charge is -2.08. The number of halogens is 1. The van der Waals surface area contributed by atoms with Crippen LogP contribution in [0, 0.1) is 0 Å². The average Bonchev–Trinajstić information content (AvgIpc) is 2.71. The quantitative estimate of drug-likeness (QED) is 0.862. The molecule has 0 atom stereocenters. The van der Waals surface area contributed by atoms with Gasteiger partial charge in [-0.2, -0.15) is 15.0 Å². The highest BCUT2D eigenvalue weighted by Gasteiger charge is 2.16. The van der Waals surface area contributed by atoms with Crippen molar-refractivity contribution in [1.29, 1.82) is 0 Å². The highest BCUT2D eigenvalue weighted by Crippen LogP contribution is 2.34. The Bertz CT molecular complexity index is 523. The predicted molar refractivity (Wildman–Crippen MR) is 69.2 cm³/mol. The van der Waals surface area contributed by atoms with Crippen molar-refractivity contribution < 1.29 is 0 Å². The Morgan fingerprint density at radius 3 is 2.76 bits per heavy atom. The van der Waals surface area contributed by atoms with Gasteiger partial charge < -0.3 is 5.73 Å². The summed E-state index contributed by atoms with van der Waals surface area (Å²) in [5, 5.41) is 0.152. The molecule has 0 radical (unpaired) electrons. The van der Waals surface area contributed by atoms with Gasteiger partial charge in [0.1, 0.15) is 0 Å². The summed E-state index contributed by atoms with van der Waals surface area (Å²) in [6.45, 7) is 0. The van der Waals surface area contributed by atoms with E-state index in [9.17, 15) is 0 Å². The normalized spacial score (nSPS) is 14.6. The Labute approximate surface area is 108 Å². The number of nitrogen functional groups attached to an aromatic ring is 1. The molecule has 0 aromatic carbocycles. The van der Waals surface area contributed by atoms with Crippen LogP contribution in [-0.2, 0) is 12.8 Å². The Morgan fingerprint density at radius 1 is 1.18 bits per heavy atom. The zero-order chi connectivity index (χ0) is 11.8. The van der Waals surface area contributed by atoms with Gasteiger partial charge in [-0.3, -0.25) is 0 Å². The van der Waals surface area contributed by atoms with Gasteiger partial charge in [-0.1, -0.05) is 0 Å². The number of anilines is 1. The number of fused-ring (bicyclic) bond motifs is 1. The number of nitrogens with zero attached hydrogens (tertiary/aromatic N) is 3. The van der Waals surface area contributed by atoms with Crippen molar-refractivity contribution in [3.63, 3.8) is 0 Å². The molecule has 0 saturated heterocycles. The van der Waals surface area contributed by atoms with E-state index < -0.39 is 0 Å². The van der Waals surface area contributed by atoms with Crippen LogP contribution in [0.2, 0.25) is 5.28 Å². The van der Waals surface area contributed by atoms with E-state index in [4.69, 9.17) is 17.3 Å². The molecular formula is C11H11ClN4S. The van der Waals surface area contributed by atoms with Crippen molar-refractivity contribution in [2.75, 3.05) is 5.73 Å². The summed E-state index contributed by atoms with van der Waals surface area (Å²) in [6, 6.07) is 2.16. The van der Waals surface area contributed by atoms with E-state index in [1.807, 2.05) is 0 Å². The Morgan fingerprint density at radius 2 is 2.00 bits per heavy atom. The number of aromatic nitrogens is 3. The fourth-order valence-corrected chi connectivity index (χ4v) is 3.43. The first-order valence-electron chi connectivity index (χ1n) is 5.51. The van der Waals surface area contributed by atoms with Gasteiger partial charge in [-0.05, 0) is 48.9 Å². The van der Waals surface area contributed by atoms with Gasteiger partial charge in [-0.25, -0.2) is 0 Å². The van der Waals surface area contributed by atoms with E-state index in [0.29, 0.717) is 5.82 Å². The molecule has 0 amide bonds. The lowest BCUT2D eigenvalue weighted by molar-refractivity contribution is 0.697. The summed E-state index contributed by atoms with van der Waals surface area (Å²) in [7, 11) is 0. The molecule has 0 spiro atoms. The van der Waals surface area contributed by atoms with Crippen LogP contribution in [0.3, 0.4) is 0 Å². The molecule has 4 nitrogen and oxygen atoms in total. The maximum atomic E-state index is 5.79. The molecule has 2 aromatic rings. The molecule has 2 aromatic heterocycles. The maximum absolute atomic E-state index is 5.79. The van der Waals surface area contributed by atoms with E-state index in [-0.39, 0.29) is 11.2 Å². The van der Waals surface area contributed by atoms with Gasteiger partial charge in [0, 0.05) is 4.88 Å². The van der Waals surface area contributed by atoms with Gasteiger partial charge in [0.2, 0.25) is 11.2 Å². The maximum Gasteiger partial charge on any atom is 0.227 e. The monoisotopic (exact) mass is 266 g/mol. The third-order valence-electron chi connectivity index (χ3n) is 2.84. The van der Waals surface area contributed by atoms with Crippen LogP contribution in [0.1, 0.15) is 23.3 Å². The topological polar surface area (TPSA) is 64.7 Å². The molecule has 17 heavy (non-hydrogen) atoms. The fourth-order valence-electron chi connectivity index (χ4n) is 2.08. The van der Waals surface area contributed by atoms with Crippen LogP contribution < -0.4 is 5.73 Å². The predicted octanol–water partition coefficient (Wildman–Crippen LogP) is 2.71. The van der Waals surface area contributed by atoms with Crippen molar-refractivity contribution in [2.24, 2.45) is 0 Å². The molecule has 88 valence electrons. The molecule has 2 N–H and O–H groups in total. The molecule has 6 heteroatoms. The molecule has 0 bridgehead atoms. The number of hydrogen-bond acceptors (Lipinski definition) is 5. The summed E-state index contributed by atoms with van der Waals surface area (Å²) >= 11 is 7.53. The van der Waals surface area contributed by atoms with Crippen LogP contribution >= 0.6 is 22.9 Å². The second-order valence-corrected chi connectivity index (χ2v) is 5.53. The number of hydrogen-bond donors (Lipinski definition) is 1. The standard InChI is InChI=1S/C11H11ClN4S/c12-10-14-9(15-11(13)16-10)8-5-6-3-1-2-4-7(6)17-8/h5H,1-4H2,(H2,13,14,15,16). The Kier molecular flexibility index (Phi) is 2.72. The third-order valence-corrected chi connectivity index (χ3v) is 4.24. The summed E-state index contributed by atoms with van der Waals surface area (Å²) in [4.78, 5) is 14.5. The lowest BCUT2D eigenvalue weighted by atomic mass is 9.99. The van der Waals surface area contributed by atoms with Crippen molar-refractivity contribution in [3.05, 3.63) is 21.8 Å². The van der Waals surface area contributed by atoms with E-state index in [1.165, 1.54) is 23.3 Å². The zero-order valence-corrected chi connectivity index (χ0v) is 10.7. The minimum Gasteiger partial charge on any atom is -0.368 e. The molecule has 0 unspecified atom stereocenters. The van der Waals surface area contributed by atoms with Crippen molar-refractivity contribution >= 4 is 28.9 Å². The van der Waals surface area contributed by atoms with Crippen LogP contribution in [0.4, 0.5) is 5.95 Å². The summed E-state index contributed by atoms with van der Waals surface area (Å²) in [5.74, 6) is 0.758. The molecule has 0 aliphatic heterocycles. The van der Waals surface area contributed by atoms with Crippen LogP contribution in [0.5, 0.6) is 0 Å². The highest BCUT2D eigenvalue weighted by atomic mass is 35.5. The largest absolute Gasteiger partial charge is 0.368 e. The molecule has 0 saturated carbocycles. The minimum atomic E-state index is 0.152. The first kappa shape index (κ1) is 10.9. The van der Waals surface area contributed by atoms with Crippen molar-refractivity contribution in [2.45, 2.75) is 25.7 Å². The second-order valence-electron chi connectivity index (χ2n) is 4.05. The van der Waals surface area contributed by atoms with Crippen LogP contribution in [0.15, 0.2) is 6.07 Å². The number of nitrogens with two attached hydrogens (primary N) is 1. The zero-order valence-electron chi connectivity index (χ0n) is 9.11. The van der Waals surface area contributed by atoms with Crippen LogP contribution in [-0.4, -0.2) is 15.0 Å². The molecule has 0 fully saturated rings. The summed E-state index contributed by atoms with van der Waals surface area (Å²) in [6.07, 6.45) is 4.85. The van der Waals surface area contributed by atoms with E-state index in [0.717, 1.165) is 17.7 Å². The van der Waals surface area contributed by atoms with Gasteiger partial charge in [0.25, 0.3) is 0 Å². The average molecular weight is 267 g/mol. The number of thiophene rings is 1. The van der Waals surface area contributed by atoms with Crippen LogP contribution in [0.25, 0.3) is 10.7 Å². The van der Waals surface area contributed by atoms with Crippen molar-refractivity contribution in [3.8, 4) is 10.7 Å². The second kappa shape index (κ2) is 4.23. The number of rotatable bonds is 1. The third kappa shape index (κ3) is 2.12. The molecule has 1 aliphatic rings. The Hall–Kier alpha value is -1.20. The first-order chi connectivity index (χ1) is 8.22. The smallest absolute Gasteiger partial charge is 0.227 e. The highest BCUT2D eigenvalue weighted by molar-refractivity contribution is 7.15. The minimum absolute atomic E-state index is 0.152. The van der Waals surface area contributed by atoms with E-state index in [2.05, 4.69) is 21.0 Å². The summed E-state index contributed by atoms with van der Waals surface area (Å²) in [5.41, 5.74) is 7.00. The van der Waals surface area contributed by atoms with Gasteiger partial charge >= 0.3 is 0 Å². The molecular weight excluding hydrogens is 256 g/mol. The molecule has 3 rings (SSSR count). The van der Waals surface area contributed by atoms with E-state index >= 15 is 0 Å². The van der Waals surface area contributed by atoms with Crippen molar-refractivity contribution in [1.82, 2.24) is 15.0 Å². The van der Waals surface area contributed by atoms with E-state index in [1.54, 1.807) is 11.3 Å². The van der Waals surface area contributed by atoms with Gasteiger partial charge in [-0.15, -0.1) is 11.3 Å². The summed E-state index contributed by atoms with van der Waals surface area (Å²) < 4.78 is 0. The molecule has 2 heterocycles. The van der Waals surface area contributed by atoms with Gasteiger partial charge in [0.15, 0.2) is 5.82 Å². The number of aryl methyl sites for hydroxylation is 2.